The van der Waals surface area contributed by atoms with E-state index in [1.165, 1.54) is 12.3 Å². The molecule has 1 saturated carbocycles. The van der Waals surface area contributed by atoms with Gasteiger partial charge >= 0.3 is 0 Å². The molecule has 0 atom stereocenters. The third-order valence-corrected chi connectivity index (χ3v) is 5.28. The summed E-state index contributed by atoms with van der Waals surface area (Å²) in [6, 6.07) is 0.203. The predicted octanol–water partition coefficient (Wildman–Crippen LogP) is 1.68. The van der Waals surface area contributed by atoms with Crippen LogP contribution in [0.25, 0.3) is 0 Å². The monoisotopic (exact) mass is 298 g/mol. The van der Waals surface area contributed by atoms with E-state index in [1.54, 1.807) is 4.68 Å². The van der Waals surface area contributed by atoms with Crippen LogP contribution in [0.1, 0.15) is 38.6 Å². The van der Waals surface area contributed by atoms with E-state index in [2.05, 4.69) is 23.3 Å². The Balaban J connectivity index is 2.21. The minimum absolute atomic E-state index is 0.0537. The third-order valence-electron chi connectivity index (χ3n) is 3.84. The molecule has 1 heterocycles. The van der Waals surface area contributed by atoms with Crippen molar-refractivity contribution in [2.75, 3.05) is 12.3 Å². The van der Waals surface area contributed by atoms with Crippen molar-refractivity contribution < 1.29 is 8.42 Å². The van der Waals surface area contributed by atoms with Gasteiger partial charge in [-0.25, -0.2) is 17.8 Å². The first-order valence-electron chi connectivity index (χ1n) is 6.89. The highest BCUT2D eigenvalue weighted by Crippen LogP contribution is 2.34. The van der Waals surface area contributed by atoms with E-state index in [0.717, 1.165) is 31.6 Å². The molecule has 0 radical (unpaired) electrons. The fourth-order valence-electron chi connectivity index (χ4n) is 2.59. The number of aromatic nitrogens is 2. The molecule has 0 unspecified atom stereocenters. The lowest BCUT2D eigenvalue weighted by Crippen LogP contribution is -2.25. The standard InChI is InChI=1S/C13H22N4O2S/c1-3-8-16-20(18,19)12-9-15-17(13(12)14)11-6-4-10(2)5-7-11/h3,9-11,16H,1,4-8,14H2,2H3. The lowest BCUT2D eigenvalue weighted by Gasteiger charge is -2.27. The van der Waals surface area contributed by atoms with E-state index < -0.39 is 10.0 Å². The van der Waals surface area contributed by atoms with Crippen LogP contribution in [-0.2, 0) is 10.0 Å². The second-order valence-corrected chi connectivity index (χ2v) is 7.13. The topological polar surface area (TPSA) is 90.0 Å². The van der Waals surface area contributed by atoms with Gasteiger partial charge in [-0.1, -0.05) is 13.0 Å². The van der Waals surface area contributed by atoms with Gasteiger partial charge in [-0.15, -0.1) is 6.58 Å². The molecule has 0 spiro atoms. The molecule has 112 valence electrons. The van der Waals surface area contributed by atoms with E-state index in [4.69, 9.17) is 5.73 Å². The van der Waals surface area contributed by atoms with Gasteiger partial charge in [0.05, 0.1) is 12.2 Å². The first kappa shape index (κ1) is 15.1. The van der Waals surface area contributed by atoms with Crippen molar-refractivity contribution in [1.82, 2.24) is 14.5 Å². The largest absolute Gasteiger partial charge is 0.383 e. The van der Waals surface area contributed by atoms with Crippen molar-refractivity contribution >= 4 is 15.8 Å². The highest BCUT2D eigenvalue weighted by atomic mass is 32.2. The number of nitrogens with one attached hydrogen (secondary N) is 1. The molecule has 1 aromatic heterocycles. The number of hydrogen-bond donors (Lipinski definition) is 2. The highest BCUT2D eigenvalue weighted by molar-refractivity contribution is 7.89. The van der Waals surface area contributed by atoms with Gasteiger partial charge in [-0.2, -0.15) is 5.10 Å². The molecule has 6 nitrogen and oxygen atoms in total. The smallest absolute Gasteiger partial charge is 0.246 e. The van der Waals surface area contributed by atoms with E-state index >= 15 is 0 Å². The molecular formula is C13H22N4O2S. The third kappa shape index (κ3) is 3.04. The van der Waals surface area contributed by atoms with Gasteiger partial charge in [0.2, 0.25) is 10.0 Å². The zero-order chi connectivity index (χ0) is 14.8. The average Bonchev–Trinajstić information content (AvgIpc) is 2.80. The number of nitrogen functional groups attached to an aromatic ring is 1. The fourth-order valence-corrected chi connectivity index (χ4v) is 3.63. The van der Waals surface area contributed by atoms with Gasteiger partial charge in [0.25, 0.3) is 0 Å². The molecule has 3 N–H and O–H groups in total. The van der Waals surface area contributed by atoms with Crippen LogP contribution in [0.3, 0.4) is 0 Å². The second kappa shape index (κ2) is 5.97. The minimum atomic E-state index is -3.61. The maximum absolute atomic E-state index is 12.1. The molecule has 7 heteroatoms. The summed E-state index contributed by atoms with van der Waals surface area (Å²) in [6.45, 7) is 5.89. The predicted molar refractivity (Wildman–Crippen MR) is 78.7 cm³/mol. The molecule has 1 aliphatic carbocycles. The van der Waals surface area contributed by atoms with Gasteiger partial charge in [0, 0.05) is 6.54 Å². The first-order valence-corrected chi connectivity index (χ1v) is 8.37. The van der Waals surface area contributed by atoms with Crippen molar-refractivity contribution in [3.05, 3.63) is 18.9 Å². The average molecular weight is 298 g/mol. The summed E-state index contributed by atoms with van der Waals surface area (Å²) in [5.74, 6) is 0.946. The summed E-state index contributed by atoms with van der Waals surface area (Å²) in [4.78, 5) is 0.0537. The fraction of sp³-hybridized carbons (Fsp3) is 0.615. The molecule has 20 heavy (non-hydrogen) atoms. The second-order valence-electron chi connectivity index (χ2n) is 5.39. The Bertz CT molecular complexity index is 571. The summed E-state index contributed by atoms with van der Waals surface area (Å²) in [7, 11) is -3.61. The van der Waals surface area contributed by atoms with Gasteiger partial charge < -0.3 is 5.73 Å². The summed E-state index contributed by atoms with van der Waals surface area (Å²) in [6.07, 6.45) is 7.06. The van der Waals surface area contributed by atoms with Gasteiger partial charge in [0.1, 0.15) is 10.7 Å². The van der Waals surface area contributed by atoms with Crippen molar-refractivity contribution in [2.24, 2.45) is 5.92 Å². The summed E-state index contributed by atoms with van der Waals surface area (Å²) in [5, 5.41) is 4.19. The molecule has 1 aliphatic rings. The summed E-state index contributed by atoms with van der Waals surface area (Å²) >= 11 is 0. The van der Waals surface area contributed by atoms with Crippen LogP contribution >= 0.6 is 0 Å². The summed E-state index contributed by atoms with van der Waals surface area (Å²) in [5.41, 5.74) is 5.98. The summed E-state index contributed by atoms with van der Waals surface area (Å²) < 4.78 is 28.2. The minimum Gasteiger partial charge on any atom is -0.383 e. The van der Waals surface area contributed by atoms with E-state index in [1.807, 2.05) is 0 Å². The van der Waals surface area contributed by atoms with Crippen molar-refractivity contribution in [3.8, 4) is 0 Å². The lowest BCUT2D eigenvalue weighted by molar-refractivity contribution is 0.276. The lowest BCUT2D eigenvalue weighted by atomic mass is 9.87. The SMILES string of the molecule is C=CCNS(=O)(=O)c1cnn(C2CCC(C)CC2)c1N. The van der Waals surface area contributed by atoms with Crippen LogP contribution < -0.4 is 10.5 Å². The molecule has 1 aromatic rings. The van der Waals surface area contributed by atoms with Gasteiger partial charge in [0.15, 0.2) is 0 Å². The Morgan fingerprint density at radius 1 is 1.50 bits per heavy atom. The van der Waals surface area contributed by atoms with Crippen LogP contribution in [-0.4, -0.2) is 24.7 Å². The zero-order valence-electron chi connectivity index (χ0n) is 11.7. The quantitative estimate of drug-likeness (QED) is 0.809. The zero-order valence-corrected chi connectivity index (χ0v) is 12.6. The van der Waals surface area contributed by atoms with Crippen molar-refractivity contribution in [2.45, 2.75) is 43.5 Å². The maximum atomic E-state index is 12.1. The van der Waals surface area contributed by atoms with Gasteiger partial charge in [-0.05, 0) is 31.6 Å². The van der Waals surface area contributed by atoms with E-state index in [-0.39, 0.29) is 23.3 Å². The van der Waals surface area contributed by atoms with Crippen LogP contribution in [0.4, 0.5) is 5.82 Å². The normalized spacial score (nSPS) is 23.6. The van der Waals surface area contributed by atoms with Crippen LogP contribution in [0.2, 0.25) is 0 Å². The van der Waals surface area contributed by atoms with Crippen LogP contribution in [0, 0.1) is 5.92 Å². The maximum Gasteiger partial charge on any atom is 0.246 e. The molecule has 0 aliphatic heterocycles. The molecule has 0 aromatic carbocycles. The first-order chi connectivity index (χ1) is 9.45. The number of hydrogen-bond acceptors (Lipinski definition) is 4. The van der Waals surface area contributed by atoms with E-state index in [9.17, 15) is 8.42 Å². The Morgan fingerprint density at radius 2 is 2.15 bits per heavy atom. The Kier molecular flexibility index (Phi) is 4.49. The highest BCUT2D eigenvalue weighted by Gasteiger charge is 2.26. The van der Waals surface area contributed by atoms with Crippen molar-refractivity contribution in [3.63, 3.8) is 0 Å². The molecule has 0 bridgehead atoms. The Labute approximate surface area is 120 Å². The number of nitrogens with two attached hydrogens (primary N) is 1. The van der Waals surface area contributed by atoms with E-state index in [0.29, 0.717) is 0 Å². The number of rotatable bonds is 5. The molecule has 0 amide bonds. The Hall–Kier alpha value is -1.34. The van der Waals surface area contributed by atoms with Crippen LogP contribution in [0.15, 0.2) is 23.7 Å². The Morgan fingerprint density at radius 3 is 2.75 bits per heavy atom. The van der Waals surface area contributed by atoms with Gasteiger partial charge in [-0.3, -0.25) is 0 Å². The molecule has 1 fully saturated rings. The molecule has 0 saturated heterocycles. The molecule has 2 rings (SSSR count). The van der Waals surface area contributed by atoms with Crippen molar-refractivity contribution in [1.29, 1.82) is 0 Å². The van der Waals surface area contributed by atoms with Crippen LogP contribution in [0.5, 0.6) is 0 Å². The number of nitrogens with zero attached hydrogens (tertiary/aromatic N) is 2. The number of anilines is 1. The molecular weight excluding hydrogens is 276 g/mol. The number of sulfonamides is 1.